The molecule has 1 fully saturated rings. The first-order valence-corrected chi connectivity index (χ1v) is 12.8. The number of fused-ring (bicyclic) bond motifs is 1. The van der Waals surface area contributed by atoms with Crippen LogP contribution in [0.2, 0.25) is 5.02 Å². The van der Waals surface area contributed by atoms with Crippen LogP contribution >= 0.6 is 22.9 Å². The fourth-order valence-corrected chi connectivity index (χ4v) is 5.70. The second-order valence-electron chi connectivity index (χ2n) is 8.83. The van der Waals surface area contributed by atoms with Crippen LogP contribution in [0.5, 0.6) is 0 Å². The Morgan fingerprint density at radius 1 is 1.03 bits per heavy atom. The molecule has 2 aliphatic rings. The van der Waals surface area contributed by atoms with E-state index in [9.17, 15) is 9.59 Å². The first-order valence-electron chi connectivity index (χ1n) is 11.5. The number of thiophene rings is 1. The van der Waals surface area contributed by atoms with Crippen LogP contribution in [-0.2, 0) is 22.4 Å². The average molecular weight is 479 g/mol. The molecule has 5 rings (SSSR count). The van der Waals surface area contributed by atoms with Crippen LogP contribution in [0, 0.1) is 0 Å². The van der Waals surface area contributed by atoms with Crippen LogP contribution in [-0.4, -0.2) is 40.7 Å². The summed E-state index contributed by atoms with van der Waals surface area (Å²) in [5, 5.41) is 2.78. The van der Waals surface area contributed by atoms with Crippen molar-refractivity contribution in [1.82, 2.24) is 9.80 Å². The molecule has 3 aromatic rings. The molecule has 0 bridgehead atoms. The van der Waals surface area contributed by atoms with E-state index in [-0.39, 0.29) is 30.4 Å². The maximum atomic E-state index is 13.6. The number of carbonyl (C=O) groups is 2. The van der Waals surface area contributed by atoms with E-state index < -0.39 is 0 Å². The molecule has 170 valence electrons. The third-order valence-corrected chi connectivity index (χ3v) is 7.80. The Hall–Kier alpha value is -2.63. The van der Waals surface area contributed by atoms with Gasteiger partial charge in [-0.3, -0.25) is 9.59 Å². The second kappa shape index (κ2) is 9.70. The number of benzene rings is 2. The molecule has 0 saturated heterocycles. The summed E-state index contributed by atoms with van der Waals surface area (Å²) in [6, 6.07) is 20.0. The molecule has 0 radical (unpaired) electrons. The van der Waals surface area contributed by atoms with Crippen LogP contribution in [0.15, 0.2) is 66.0 Å². The molecular weight excluding hydrogens is 452 g/mol. The fraction of sp³-hybridized carbons (Fsp3) is 0.333. The third kappa shape index (κ3) is 4.99. The molecule has 1 atom stereocenters. The van der Waals surface area contributed by atoms with Gasteiger partial charge in [-0.25, -0.2) is 0 Å². The molecule has 1 aliphatic heterocycles. The lowest BCUT2D eigenvalue weighted by Crippen LogP contribution is -2.47. The topological polar surface area (TPSA) is 40.6 Å². The Morgan fingerprint density at radius 2 is 1.79 bits per heavy atom. The minimum absolute atomic E-state index is 0.0201. The number of halogens is 1. The minimum Gasteiger partial charge on any atom is -0.330 e. The molecule has 6 heteroatoms. The molecule has 2 heterocycles. The van der Waals surface area contributed by atoms with Gasteiger partial charge in [0.15, 0.2) is 0 Å². The van der Waals surface area contributed by atoms with E-state index in [0.717, 1.165) is 30.4 Å². The zero-order valence-electron chi connectivity index (χ0n) is 18.5. The predicted octanol–water partition coefficient (Wildman–Crippen LogP) is 5.50. The predicted molar refractivity (Wildman–Crippen MR) is 133 cm³/mol. The molecular formula is C27H27ClN2O2S. The van der Waals surface area contributed by atoms with Gasteiger partial charge in [0, 0.05) is 28.9 Å². The first-order chi connectivity index (χ1) is 16.1. The molecule has 0 spiro atoms. The first kappa shape index (κ1) is 22.2. The van der Waals surface area contributed by atoms with Gasteiger partial charge >= 0.3 is 0 Å². The number of aryl methyl sites for hydroxylation is 1. The number of rotatable bonds is 7. The van der Waals surface area contributed by atoms with Crippen molar-refractivity contribution in [2.75, 3.05) is 13.1 Å². The van der Waals surface area contributed by atoms with Gasteiger partial charge in [0.25, 0.3) is 0 Å². The maximum absolute atomic E-state index is 13.6. The molecule has 0 N–H and O–H groups in total. The van der Waals surface area contributed by atoms with E-state index in [1.807, 2.05) is 64.4 Å². The van der Waals surface area contributed by atoms with E-state index in [0.29, 0.717) is 24.4 Å². The van der Waals surface area contributed by atoms with Crippen molar-refractivity contribution in [2.24, 2.45) is 0 Å². The number of hydrogen-bond acceptors (Lipinski definition) is 3. The Bertz CT molecular complexity index is 1120. The summed E-state index contributed by atoms with van der Waals surface area (Å²) in [7, 11) is 0. The highest BCUT2D eigenvalue weighted by atomic mass is 35.5. The highest BCUT2D eigenvalue weighted by Crippen LogP contribution is 2.38. The lowest BCUT2D eigenvalue weighted by Gasteiger charge is -2.37. The number of hydrogen-bond donors (Lipinski definition) is 0. The summed E-state index contributed by atoms with van der Waals surface area (Å²) in [6.45, 7) is 0.818. The summed E-state index contributed by atoms with van der Waals surface area (Å²) in [6.07, 6.45) is 3.96. The quantitative estimate of drug-likeness (QED) is 0.450. The van der Waals surface area contributed by atoms with Crippen molar-refractivity contribution in [3.63, 3.8) is 0 Å². The summed E-state index contributed by atoms with van der Waals surface area (Å²) in [5.41, 5.74) is 3.40. The van der Waals surface area contributed by atoms with Crippen LogP contribution in [0.4, 0.5) is 0 Å². The van der Waals surface area contributed by atoms with Gasteiger partial charge in [-0.2, -0.15) is 0 Å². The van der Waals surface area contributed by atoms with Crippen LogP contribution in [0.1, 0.15) is 46.9 Å². The van der Waals surface area contributed by atoms with Crippen molar-refractivity contribution >= 4 is 34.8 Å². The number of carbonyl (C=O) groups excluding carboxylic acids is 2. The summed E-state index contributed by atoms with van der Waals surface area (Å²) in [4.78, 5) is 31.8. The fourth-order valence-electron chi connectivity index (χ4n) is 4.67. The molecule has 2 aromatic carbocycles. The van der Waals surface area contributed by atoms with Crippen LogP contribution < -0.4 is 0 Å². The summed E-state index contributed by atoms with van der Waals surface area (Å²) in [5.74, 6) is 0.0951. The van der Waals surface area contributed by atoms with E-state index >= 15 is 0 Å². The maximum Gasteiger partial charge on any atom is 0.243 e. The molecule has 4 nitrogen and oxygen atoms in total. The van der Waals surface area contributed by atoms with E-state index in [1.165, 1.54) is 10.4 Å². The van der Waals surface area contributed by atoms with Gasteiger partial charge in [0.1, 0.15) is 6.54 Å². The third-order valence-electron chi connectivity index (χ3n) is 6.56. The molecule has 1 saturated carbocycles. The standard InChI is InChI=1S/C27H27ClN2O2S/c28-21-9-7-20(8-10-21)27-23-15-17-33-24(23)14-16-29(27)26(32)18-30(22-11-12-22)25(31)13-6-19-4-2-1-3-5-19/h1-5,7-10,15,17,22,27H,6,11-14,16,18H2. The van der Waals surface area contributed by atoms with Gasteiger partial charge in [0.05, 0.1) is 6.04 Å². The minimum atomic E-state index is -0.134. The molecule has 33 heavy (non-hydrogen) atoms. The van der Waals surface area contributed by atoms with Gasteiger partial charge < -0.3 is 9.80 Å². The Morgan fingerprint density at radius 3 is 2.52 bits per heavy atom. The molecule has 2 amide bonds. The van der Waals surface area contributed by atoms with Gasteiger partial charge in [-0.1, -0.05) is 54.1 Å². The largest absolute Gasteiger partial charge is 0.330 e. The SMILES string of the molecule is O=C(CCc1ccccc1)N(CC(=O)N1CCc2sccc2C1c1ccc(Cl)cc1)C1CC1. The van der Waals surface area contributed by atoms with Gasteiger partial charge in [-0.15, -0.1) is 11.3 Å². The smallest absolute Gasteiger partial charge is 0.243 e. The van der Waals surface area contributed by atoms with E-state index in [1.54, 1.807) is 11.3 Å². The van der Waals surface area contributed by atoms with Crippen molar-refractivity contribution in [2.45, 2.75) is 44.2 Å². The van der Waals surface area contributed by atoms with Crippen molar-refractivity contribution < 1.29 is 9.59 Å². The normalized spacial score (nSPS) is 17.5. The van der Waals surface area contributed by atoms with Crippen molar-refractivity contribution in [1.29, 1.82) is 0 Å². The monoisotopic (exact) mass is 478 g/mol. The summed E-state index contributed by atoms with van der Waals surface area (Å²) < 4.78 is 0. The Kier molecular flexibility index (Phi) is 6.52. The lowest BCUT2D eigenvalue weighted by molar-refractivity contribution is -0.142. The van der Waals surface area contributed by atoms with Gasteiger partial charge in [0.2, 0.25) is 11.8 Å². The number of amides is 2. The van der Waals surface area contributed by atoms with E-state index in [4.69, 9.17) is 11.6 Å². The highest BCUT2D eigenvalue weighted by Gasteiger charge is 2.37. The Labute approximate surface area is 203 Å². The average Bonchev–Trinajstić information content (AvgIpc) is 3.57. The molecule has 1 aromatic heterocycles. The van der Waals surface area contributed by atoms with Crippen LogP contribution in [0.3, 0.4) is 0 Å². The van der Waals surface area contributed by atoms with E-state index in [2.05, 4.69) is 11.4 Å². The zero-order chi connectivity index (χ0) is 22.8. The van der Waals surface area contributed by atoms with Crippen molar-refractivity contribution in [3.8, 4) is 0 Å². The highest BCUT2D eigenvalue weighted by molar-refractivity contribution is 7.10. The van der Waals surface area contributed by atoms with Crippen LogP contribution in [0.25, 0.3) is 0 Å². The molecule has 1 unspecified atom stereocenters. The Balaban J connectivity index is 1.33. The number of nitrogens with zero attached hydrogens (tertiary/aromatic N) is 2. The lowest BCUT2D eigenvalue weighted by atomic mass is 9.93. The van der Waals surface area contributed by atoms with Crippen molar-refractivity contribution in [3.05, 3.63) is 92.6 Å². The zero-order valence-corrected chi connectivity index (χ0v) is 20.0. The molecule has 1 aliphatic carbocycles. The second-order valence-corrected chi connectivity index (χ2v) is 10.3. The van der Waals surface area contributed by atoms with Gasteiger partial charge in [-0.05, 0) is 66.0 Å². The summed E-state index contributed by atoms with van der Waals surface area (Å²) >= 11 is 7.88.